The molecule has 1 aliphatic rings. The van der Waals surface area contributed by atoms with Gasteiger partial charge in [0.15, 0.2) is 0 Å². The van der Waals surface area contributed by atoms with Crippen LogP contribution in [0.25, 0.3) is 0 Å². The maximum atomic E-state index is 12.0. The summed E-state index contributed by atoms with van der Waals surface area (Å²) < 4.78 is 9.58. The van der Waals surface area contributed by atoms with Gasteiger partial charge in [-0.25, -0.2) is 4.79 Å². The Labute approximate surface area is 166 Å². The van der Waals surface area contributed by atoms with E-state index in [0.717, 1.165) is 31.5 Å². The van der Waals surface area contributed by atoms with Gasteiger partial charge in [0.25, 0.3) is 6.47 Å². The number of rotatable bonds is 8. The van der Waals surface area contributed by atoms with Crippen molar-refractivity contribution in [3.05, 3.63) is 35.9 Å². The van der Waals surface area contributed by atoms with E-state index >= 15 is 0 Å². The lowest BCUT2D eigenvalue weighted by Crippen LogP contribution is -2.49. The van der Waals surface area contributed by atoms with E-state index in [1.54, 1.807) is 11.9 Å². The summed E-state index contributed by atoms with van der Waals surface area (Å²) in [6, 6.07) is 9.46. The Morgan fingerprint density at radius 3 is 2.50 bits per heavy atom. The van der Waals surface area contributed by atoms with Crippen LogP contribution in [0.15, 0.2) is 30.3 Å². The number of likely N-dealkylation sites (N-methyl/N-ethyl adjacent to an activating group) is 1. The first-order chi connectivity index (χ1) is 13.6. The lowest BCUT2D eigenvalue weighted by atomic mass is 10.2. The normalized spacial score (nSPS) is 13.0. The second kappa shape index (κ2) is 14.4. The second-order valence-electron chi connectivity index (χ2n) is 6.35. The predicted molar refractivity (Wildman–Crippen MR) is 106 cm³/mol. The third kappa shape index (κ3) is 9.91. The molecule has 0 bridgehead atoms. The topological polar surface area (TPSA) is 88.2 Å². The largest absolute Gasteiger partial charge is 0.468 e. The van der Waals surface area contributed by atoms with Crippen LogP contribution in [-0.4, -0.2) is 74.7 Å². The highest BCUT2D eigenvalue weighted by Gasteiger charge is 2.20. The molecular weight excluding hydrogens is 362 g/mol. The van der Waals surface area contributed by atoms with Crippen LogP contribution in [0, 0.1) is 0 Å². The average molecular weight is 393 g/mol. The van der Waals surface area contributed by atoms with Crippen molar-refractivity contribution < 1.29 is 23.9 Å². The maximum Gasteiger partial charge on any atom is 0.410 e. The highest BCUT2D eigenvalue weighted by atomic mass is 16.6. The zero-order chi connectivity index (χ0) is 20.6. The number of piperazine rings is 1. The van der Waals surface area contributed by atoms with Crippen molar-refractivity contribution in [1.29, 1.82) is 0 Å². The van der Waals surface area contributed by atoms with Crippen LogP contribution in [0.2, 0.25) is 0 Å². The standard InChI is InChI=1S/C15H21N3O3.C5H10O2/c1-17(11-14(19)18-9-7-16-8-10-18)15(20)21-12-13-5-3-2-4-6-13;1-2-3-4-7-5-6/h2-6,16H,7-12H2,1H3;5H,2-4H2,1H3. The van der Waals surface area contributed by atoms with Crippen molar-refractivity contribution in [2.45, 2.75) is 26.4 Å². The number of unbranched alkanes of at least 4 members (excludes halogenated alkanes) is 1. The maximum absolute atomic E-state index is 12.0. The summed E-state index contributed by atoms with van der Waals surface area (Å²) >= 11 is 0. The Hall–Kier alpha value is -2.61. The van der Waals surface area contributed by atoms with Gasteiger partial charge < -0.3 is 24.6 Å². The molecule has 28 heavy (non-hydrogen) atoms. The van der Waals surface area contributed by atoms with Crippen LogP contribution >= 0.6 is 0 Å². The molecule has 8 nitrogen and oxygen atoms in total. The molecule has 1 N–H and O–H groups in total. The van der Waals surface area contributed by atoms with Gasteiger partial charge in [-0.3, -0.25) is 9.59 Å². The number of ether oxygens (including phenoxy) is 2. The summed E-state index contributed by atoms with van der Waals surface area (Å²) in [5.74, 6) is -0.0457. The van der Waals surface area contributed by atoms with Crippen molar-refractivity contribution in [2.24, 2.45) is 0 Å². The fourth-order valence-corrected chi connectivity index (χ4v) is 2.39. The Bertz CT molecular complexity index is 576. The number of carbonyl (C=O) groups excluding carboxylic acids is 3. The molecule has 1 saturated heterocycles. The van der Waals surface area contributed by atoms with Gasteiger partial charge in [-0.15, -0.1) is 0 Å². The molecule has 1 aliphatic heterocycles. The first-order valence-corrected chi connectivity index (χ1v) is 9.54. The molecule has 1 aromatic carbocycles. The number of amides is 2. The molecule has 2 rings (SSSR count). The van der Waals surface area contributed by atoms with Crippen LogP contribution in [-0.2, 0) is 25.7 Å². The van der Waals surface area contributed by atoms with E-state index in [9.17, 15) is 14.4 Å². The number of carbonyl (C=O) groups is 3. The van der Waals surface area contributed by atoms with Gasteiger partial charge in [-0.05, 0) is 12.0 Å². The van der Waals surface area contributed by atoms with Gasteiger partial charge in [-0.1, -0.05) is 43.7 Å². The zero-order valence-electron chi connectivity index (χ0n) is 16.8. The van der Waals surface area contributed by atoms with Gasteiger partial charge in [-0.2, -0.15) is 0 Å². The summed E-state index contributed by atoms with van der Waals surface area (Å²) in [6.07, 6.45) is 1.56. The molecule has 156 valence electrons. The van der Waals surface area contributed by atoms with Gasteiger partial charge in [0.1, 0.15) is 13.2 Å². The molecule has 2 amide bonds. The number of hydrogen-bond donors (Lipinski definition) is 1. The molecule has 0 atom stereocenters. The van der Waals surface area contributed by atoms with Crippen LogP contribution in [0.5, 0.6) is 0 Å². The molecule has 1 aromatic rings. The molecule has 0 unspecified atom stereocenters. The number of benzene rings is 1. The van der Waals surface area contributed by atoms with E-state index in [0.29, 0.717) is 26.2 Å². The molecule has 0 spiro atoms. The van der Waals surface area contributed by atoms with Crippen LogP contribution < -0.4 is 5.32 Å². The average Bonchev–Trinajstić information content (AvgIpc) is 2.74. The number of hydrogen-bond acceptors (Lipinski definition) is 6. The first-order valence-electron chi connectivity index (χ1n) is 9.54. The van der Waals surface area contributed by atoms with E-state index in [1.165, 1.54) is 4.90 Å². The highest BCUT2D eigenvalue weighted by molar-refractivity contribution is 5.82. The van der Waals surface area contributed by atoms with Gasteiger partial charge >= 0.3 is 6.09 Å². The third-order valence-electron chi connectivity index (χ3n) is 4.04. The molecule has 0 aliphatic carbocycles. The fraction of sp³-hybridized carbons (Fsp3) is 0.550. The molecule has 1 heterocycles. The molecule has 0 radical (unpaired) electrons. The molecule has 0 aromatic heterocycles. The Balaban J connectivity index is 0.000000480. The lowest BCUT2D eigenvalue weighted by molar-refractivity contribution is -0.132. The van der Waals surface area contributed by atoms with Crippen molar-refractivity contribution in [3.8, 4) is 0 Å². The Kier molecular flexibility index (Phi) is 12.1. The van der Waals surface area contributed by atoms with E-state index in [-0.39, 0.29) is 19.1 Å². The van der Waals surface area contributed by atoms with Crippen LogP contribution in [0.1, 0.15) is 25.3 Å². The van der Waals surface area contributed by atoms with E-state index in [4.69, 9.17) is 4.74 Å². The lowest BCUT2D eigenvalue weighted by Gasteiger charge is -2.29. The van der Waals surface area contributed by atoms with E-state index in [2.05, 4.69) is 10.1 Å². The quantitative estimate of drug-likeness (QED) is 0.534. The van der Waals surface area contributed by atoms with Gasteiger partial charge in [0.05, 0.1) is 6.61 Å². The van der Waals surface area contributed by atoms with Crippen LogP contribution in [0.4, 0.5) is 4.79 Å². The Morgan fingerprint density at radius 2 is 1.89 bits per heavy atom. The summed E-state index contributed by atoms with van der Waals surface area (Å²) in [4.78, 5) is 36.4. The second-order valence-corrected chi connectivity index (χ2v) is 6.35. The smallest absolute Gasteiger partial charge is 0.410 e. The SMILES string of the molecule is CCCCOC=O.CN(CC(=O)N1CCNCC1)C(=O)OCc1ccccc1. The van der Waals surface area contributed by atoms with Crippen molar-refractivity contribution >= 4 is 18.5 Å². The van der Waals surface area contributed by atoms with E-state index in [1.807, 2.05) is 37.3 Å². The zero-order valence-corrected chi connectivity index (χ0v) is 16.8. The molecule has 8 heteroatoms. The van der Waals surface area contributed by atoms with Crippen molar-refractivity contribution in [3.63, 3.8) is 0 Å². The van der Waals surface area contributed by atoms with Crippen molar-refractivity contribution in [1.82, 2.24) is 15.1 Å². The summed E-state index contributed by atoms with van der Waals surface area (Å²) in [5.41, 5.74) is 0.924. The fourth-order valence-electron chi connectivity index (χ4n) is 2.39. The molecule has 1 fully saturated rings. The molecular formula is C20H31N3O5. The van der Waals surface area contributed by atoms with Gasteiger partial charge in [0, 0.05) is 33.2 Å². The molecule has 0 saturated carbocycles. The summed E-state index contributed by atoms with van der Waals surface area (Å²) in [7, 11) is 1.58. The number of nitrogens with one attached hydrogen (secondary N) is 1. The van der Waals surface area contributed by atoms with Crippen molar-refractivity contribution in [2.75, 3.05) is 46.4 Å². The third-order valence-corrected chi connectivity index (χ3v) is 4.04. The minimum absolute atomic E-state index is 0.0457. The number of nitrogens with zero attached hydrogens (tertiary/aromatic N) is 2. The minimum Gasteiger partial charge on any atom is -0.468 e. The summed E-state index contributed by atoms with van der Waals surface area (Å²) in [5, 5.41) is 3.19. The first kappa shape index (κ1) is 23.4. The predicted octanol–water partition coefficient (Wildman–Crippen LogP) is 1.65. The van der Waals surface area contributed by atoms with Gasteiger partial charge in [0.2, 0.25) is 5.91 Å². The monoisotopic (exact) mass is 393 g/mol. The van der Waals surface area contributed by atoms with E-state index < -0.39 is 6.09 Å². The highest BCUT2D eigenvalue weighted by Crippen LogP contribution is 2.03. The Morgan fingerprint density at radius 1 is 1.21 bits per heavy atom. The summed E-state index contributed by atoms with van der Waals surface area (Å²) in [6.45, 7) is 6.34. The minimum atomic E-state index is -0.484. The van der Waals surface area contributed by atoms with Crippen LogP contribution in [0.3, 0.4) is 0 Å².